The van der Waals surface area contributed by atoms with Crippen molar-refractivity contribution in [2.75, 3.05) is 18.4 Å². The van der Waals surface area contributed by atoms with Gasteiger partial charge >= 0.3 is 0 Å². The highest BCUT2D eigenvalue weighted by Gasteiger charge is 2.40. The summed E-state index contributed by atoms with van der Waals surface area (Å²) in [4.78, 5) is 15.9. The van der Waals surface area contributed by atoms with E-state index in [0.29, 0.717) is 24.6 Å². The molecule has 1 aromatic carbocycles. The molecule has 3 rings (SSSR count). The number of carbonyl (C=O) groups excluding carboxylic acids is 1. The van der Waals surface area contributed by atoms with Gasteiger partial charge in [0.1, 0.15) is 0 Å². The number of thiophene rings is 1. The van der Waals surface area contributed by atoms with Gasteiger partial charge in [0.25, 0.3) is 0 Å². The molecule has 2 aromatic rings. The van der Waals surface area contributed by atoms with Crippen molar-refractivity contribution >= 4 is 22.8 Å². The molecular formula is C21H28N2O2S. The molecule has 3 unspecified atom stereocenters. The zero-order valence-electron chi connectivity index (χ0n) is 15.7. The Labute approximate surface area is 159 Å². The second kappa shape index (κ2) is 7.91. The van der Waals surface area contributed by atoms with Crippen LogP contribution in [0.4, 0.5) is 5.69 Å². The van der Waals surface area contributed by atoms with Gasteiger partial charge in [0.2, 0.25) is 0 Å². The Morgan fingerprint density at radius 1 is 1.38 bits per heavy atom. The number of aliphatic hydroxyl groups is 1. The molecule has 140 valence electrons. The number of hydrogen-bond acceptors (Lipinski definition) is 5. The number of para-hydroxylation sites is 1. The fourth-order valence-corrected chi connectivity index (χ4v) is 4.52. The summed E-state index contributed by atoms with van der Waals surface area (Å²) < 4.78 is 0. The average molecular weight is 373 g/mol. The fraction of sp³-hybridized carbons (Fsp3) is 0.476. The summed E-state index contributed by atoms with van der Waals surface area (Å²) in [5, 5.41) is 16.7. The molecule has 4 nitrogen and oxygen atoms in total. The lowest BCUT2D eigenvalue weighted by Gasteiger charge is -2.45. The number of piperidine rings is 1. The average Bonchev–Trinajstić information content (AvgIpc) is 3.17. The highest BCUT2D eigenvalue weighted by Crippen LogP contribution is 2.32. The molecule has 1 aromatic heterocycles. The van der Waals surface area contributed by atoms with E-state index in [-0.39, 0.29) is 11.8 Å². The van der Waals surface area contributed by atoms with E-state index in [0.717, 1.165) is 18.7 Å². The van der Waals surface area contributed by atoms with Crippen LogP contribution < -0.4 is 5.32 Å². The smallest absolute Gasteiger partial charge is 0.164 e. The monoisotopic (exact) mass is 372 g/mol. The first-order chi connectivity index (χ1) is 12.4. The normalized spacial score (nSPS) is 25.0. The van der Waals surface area contributed by atoms with Crippen LogP contribution in [0.15, 0.2) is 41.8 Å². The number of Topliss-reactive ketones (excluding diaryl/α,β-unsaturated/α-hetero) is 1. The van der Waals surface area contributed by atoms with E-state index in [1.54, 1.807) is 11.3 Å². The minimum Gasteiger partial charge on any atom is -0.387 e. The zero-order chi connectivity index (χ0) is 18.7. The Morgan fingerprint density at radius 3 is 2.81 bits per heavy atom. The molecule has 5 heteroatoms. The van der Waals surface area contributed by atoms with Gasteiger partial charge in [0.15, 0.2) is 5.78 Å². The third-order valence-corrected chi connectivity index (χ3v) is 6.40. The highest BCUT2D eigenvalue weighted by atomic mass is 32.1. The second-order valence-electron chi connectivity index (χ2n) is 7.33. The maximum absolute atomic E-state index is 12.2. The van der Waals surface area contributed by atoms with Gasteiger partial charge in [-0.3, -0.25) is 9.69 Å². The van der Waals surface area contributed by atoms with Gasteiger partial charge in [-0.05, 0) is 43.8 Å². The molecule has 2 N–H and O–H groups in total. The highest BCUT2D eigenvalue weighted by molar-refractivity contribution is 7.10. The summed E-state index contributed by atoms with van der Waals surface area (Å²) in [7, 11) is 0. The molecule has 1 fully saturated rings. The maximum atomic E-state index is 12.2. The van der Waals surface area contributed by atoms with Gasteiger partial charge in [-0.25, -0.2) is 0 Å². The second-order valence-corrected chi connectivity index (χ2v) is 8.31. The number of likely N-dealkylation sites (tertiary alicyclic amines) is 1. The van der Waals surface area contributed by atoms with Crippen LogP contribution in [0.3, 0.4) is 0 Å². The number of hydrogen-bond donors (Lipinski definition) is 2. The van der Waals surface area contributed by atoms with Crippen molar-refractivity contribution in [2.45, 2.75) is 51.3 Å². The van der Waals surface area contributed by atoms with Crippen LogP contribution in [0.25, 0.3) is 0 Å². The molecule has 0 bridgehead atoms. The van der Waals surface area contributed by atoms with Crippen LogP contribution in [0.5, 0.6) is 0 Å². The third-order valence-electron chi connectivity index (χ3n) is 5.36. The quantitative estimate of drug-likeness (QED) is 0.741. The summed E-state index contributed by atoms with van der Waals surface area (Å²) in [6.45, 7) is 7.48. The predicted molar refractivity (Wildman–Crippen MR) is 108 cm³/mol. The SMILES string of the molecule is CCC(=O)c1ccccc1NC1CCN(C(C)c2cccs2)CC1(C)O. The molecule has 0 spiro atoms. The number of carbonyl (C=O) groups is 1. The van der Waals surface area contributed by atoms with Crippen LogP contribution in [0, 0.1) is 0 Å². The summed E-state index contributed by atoms with van der Waals surface area (Å²) in [5.74, 6) is 0.122. The number of nitrogens with one attached hydrogen (secondary N) is 1. The molecule has 0 saturated carbocycles. The summed E-state index contributed by atoms with van der Waals surface area (Å²) in [6.07, 6.45) is 1.31. The molecule has 0 aliphatic carbocycles. The van der Waals surface area contributed by atoms with Gasteiger partial charge < -0.3 is 10.4 Å². The molecule has 1 aliphatic heterocycles. The van der Waals surface area contributed by atoms with Gasteiger partial charge in [0, 0.05) is 41.7 Å². The van der Waals surface area contributed by atoms with Crippen molar-refractivity contribution in [2.24, 2.45) is 0 Å². The first kappa shape index (κ1) is 19.1. The van der Waals surface area contributed by atoms with E-state index in [2.05, 4.69) is 34.7 Å². The summed E-state index contributed by atoms with van der Waals surface area (Å²) in [6, 6.07) is 12.0. The van der Waals surface area contributed by atoms with E-state index in [1.165, 1.54) is 4.88 Å². The minimum atomic E-state index is -0.869. The van der Waals surface area contributed by atoms with Crippen LogP contribution >= 0.6 is 11.3 Å². The fourth-order valence-electron chi connectivity index (χ4n) is 3.70. The molecule has 3 atom stereocenters. The van der Waals surface area contributed by atoms with Gasteiger partial charge in [-0.15, -0.1) is 11.3 Å². The predicted octanol–water partition coefficient (Wildman–Crippen LogP) is 4.34. The number of β-amino-alcohol motifs (C(OH)–C–C–N with tert-alkyl or cyclic N) is 1. The number of nitrogens with zero attached hydrogens (tertiary/aromatic N) is 1. The Balaban J connectivity index is 1.73. The van der Waals surface area contributed by atoms with E-state index in [1.807, 2.05) is 38.1 Å². The van der Waals surface area contributed by atoms with Crippen LogP contribution in [-0.4, -0.2) is 40.5 Å². The van der Waals surface area contributed by atoms with Crippen molar-refractivity contribution in [3.8, 4) is 0 Å². The number of benzene rings is 1. The molecule has 1 aliphatic rings. The molecular weight excluding hydrogens is 344 g/mol. The van der Waals surface area contributed by atoms with Crippen LogP contribution in [-0.2, 0) is 0 Å². The largest absolute Gasteiger partial charge is 0.387 e. The number of ketones is 1. The van der Waals surface area contributed by atoms with Gasteiger partial charge in [-0.2, -0.15) is 0 Å². The molecule has 2 heterocycles. The van der Waals surface area contributed by atoms with Crippen LogP contribution in [0.1, 0.15) is 54.9 Å². The van der Waals surface area contributed by atoms with E-state index < -0.39 is 5.60 Å². The Morgan fingerprint density at radius 2 is 2.15 bits per heavy atom. The lowest BCUT2D eigenvalue weighted by Crippen LogP contribution is -2.58. The molecule has 26 heavy (non-hydrogen) atoms. The third kappa shape index (κ3) is 4.00. The summed E-state index contributed by atoms with van der Waals surface area (Å²) in [5.41, 5.74) is 0.663. The summed E-state index contributed by atoms with van der Waals surface area (Å²) >= 11 is 1.76. The van der Waals surface area contributed by atoms with E-state index in [9.17, 15) is 9.90 Å². The maximum Gasteiger partial charge on any atom is 0.164 e. The van der Waals surface area contributed by atoms with Gasteiger partial charge in [0.05, 0.1) is 11.6 Å². The molecule has 0 amide bonds. The Kier molecular flexibility index (Phi) is 5.80. The number of anilines is 1. The van der Waals surface area contributed by atoms with E-state index in [4.69, 9.17) is 0 Å². The standard InChI is InChI=1S/C21H28N2O2S/c1-4-18(24)16-8-5-6-9-17(16)22-20-11-12-23(14-21(20,3)25)15(2)19-10-7-13-26-19/h5-10,13,15,20,22,25H,4,11-12,14H2,1-3H3. The van der Waals surface area contributed by atoms with E-state index >= 15 is 0 Å². The van der Waals surface area contributed by atoms with Crippen molar-refractivity contribution in [3.63, 3.8) is 0 Å². The number of rotatable bonds is 6. The first-order valence-electron chi connectivity index (χ1n) is 9.31. The van der Waals surface area contributed by atoms with Crippen molar-refractivity contribution < 1.29 is 9.90 Å². The first-order valence-corrected chi connectivity index (χ1v) is 10.2. The zero-order valence-corrected chi connectivity index (χ0v) is 16.6. The lowest BCUT2D eigenvalue weighted by molar-refractivity contribution is -0.0372. The molecule has 0 radical (unpaired) electrons. The van der Waals surface area contributed by atoms with Gasteiger partial charge in [-0.1, -0.05) is 25.1 Å². The van der Waals surface area contributed by atoms with Crippen LogP contribution in [0.2, 0.25) is 0 Å². The van der Waals surface area contributed by atoms with Crippen molar-refractivity contribution in [1.29, 1.82) is 0 Å². The van der Waals surface area contributed by atoms with Crippen molar-refractivity contribution in [3.05, 3.63) is 52.2 Å². The Bertz CT molecular complexity index is 742. The van der Waals surface area contributed by atoms with Crippen molar-refractivity contribution in [1.82, 2.24) is 4.90 Å². The topological polar surface area (TPSA) is 52.6 Å². The molecule has 1 saturated heterocycles. The lowest BCUT2D eigenvalue weighted by atomic mass is 9.87. The Hall–Kier alpha value is -1.69. The minimum absolute atomic E-state index is 0.0832.